The van der Waals surface area contributed by atoms with Crippen LogP contribution in [-0.2, 0) is 4.74 Å². The van der Waals surface area contributed by atoms with E-state index in [2.05, 4.69) is 0 Å². The first-order chi connectivity index (χ1) is 10.6. The molecule has 22 heavy (non-hydrogen) atoms. The van der Waals surface area contributed by atoms with E-state index in [1.54, 1.807) is 18.2 Å². The van der Waals surface area contributed by atoms with Crippen molar-refractivity contribution >= 4 is 22.7 Å². The van der Waals surface area contributed by atoms with Crippen LogP contribution < -0.4 is 0 Å². The quantitative estimate of drug-likeness (QED) is 0.545. The summed E-state index contributed by atoms with van der Waals surface area (Å²) in [6, 6.07) is 14.2. The van der Waals surface area contributed by atoms with E-state index < -0.39 is 24.2 Å². The van der Waals surface area contributed by atoms with Crippen LogP contribution >= 0.6 is 0 Å². The Morgan fingerprint density at radius 1 is 1.05 bits per heavy atom. The second-order valence-corrected chi connectivity index (χ2v) is 4.63. The van der Waals surface area contributed by atoms with Gasteiger partial charge in [-0.3, -0.25) is 4.79 Å². The minimum atomic E-state index is -0.763. The number of hydrogen-bond acceptors (Lipinski definition) is 4. The summed E-state index contributed by atoms with van der Waals surface area (Å²) in [5.74, 6) is -2.02. The molecule has 110 valence electrons. The Kier molecular flexibility index (Phi) is 3.70. The normalized spacial score (nSPS) is 10.6. The molecule has 0 saturated heterocycles. The van der Waals surface area contributed by atoms with Crippen molar-refractivity contribution in [1.29, 1.82) is 0 Å². The third-order valence-corrected chi connectivity index (χ3v) is 3.14. The lowest BCUT2D eigenvalue weighted by Gasteiger charge is -2.03. The molecular weight excluding hydrogens is 287 g/mol. The highest BCUT2D eigenvalue weighted by molar-refractivity contribution is 5.99. The number of fused-ring (bicyclic) bond motifs is 1. The van der Waals surface area contributed by atoms with Crippen molar-refractivity contribution in [2.24, 2.45) is 0 Å². The van der Waals surface area contributed by atoms with Crippen molar-refractivity contribution < 1.29 is 23.1 Å². The van der Waals surface area contributed by atoms with E-state index in [0.717, 1.165) is 5.39 Å². The number of halogens is 1. The van der Waals surface area contributed by atoms with Crippen LogP contribution in [0.3, 0.4) is 0 Å². The average Bonchev–Trinajstić information content (AvgIpc) is 2.97. The van der Waals surface area contributed by atoms with E-state index in [1.165, 1.54) is 30.3 Å². The summed E-state index contributed by atoms with van der Waals surface area (Å²) in [6.07, 6.45) is 0. The van der Waals surface area contributed by atoms with Crippen LogP contribution in [-0.4, -0.2) is 18.4 Å². The number of esters is 1. The van der Waals surface area contributed by atoms with E-state index >= 15 is 0 Å². The maximum atomic E-state index is 13.4. The number of furan rings is 1. The molecule has 2 aromatic carbocycles. The number of Topliss-reactive ketones (excluding diaryl/α,β-unsaturated/α-hetero) is 1. The number of carbonyl (C=O) groups excluding carboxylic acids is 2. The highest BCUT2D eigenvalue weighted by Gasteiger charge is 2.17. The molecule has 0 bridgehead atoms. The lowest BCUT2D eigenvalue weighted by atomic mass is 10.1. The Morgan fingerprint density at radius 3 is 2.55 bits per heavy atom. The summed E-state index contributed by atoms with van der Waals surface area (Å²) in [5.41, 5.74) is 0.440. The van der Waals surface area contributed by atoms with Crippen molar-refractivity contribution in [3.05, 3.63) is 71.7 Å². The van der Waals surface area contributed by atoms with Crippen LogP contribution in [0.2, 0.25) is 0 Å². The SMILES string of the molecule is O=C(OCC(=O)c1ccccc1F)c1cc2ccccc2o1. The molecule has 0 aliphatic carbocycles. The lowest BCUT2D eigenvalue weighted by molar-refractivity contribution is 0.0445. The fraction of sp³-hybridized carbons (Fsp3) is 0.0588. The van der Waals surface area contributed by atoms with E-state index in [0.29, 0.717) is 5.58 Å². The number of benzene rings is 2. The Balaban J connectivity index is 1.69. The van der Waals surface area contributed by atoms with Crippen LogP contribution in [0.15, 0.2) is 59.0 Å². The summed E-state index contributed by atoms with van der Waals surface area (Å²) in [7, 11) is 0. The molecule has 1 aromatic heterocycles. The van der Waals surface area contributed by atoms with Crippen molar-refractivity contribution in [3.63, 3.8) is 0 Å². The molecule has 0 aliphatic heterocycles. The van der Waals surface area contributed by atoms with Gasteiger partial charge >= 0.3 is 5.97 Å². The van der Waals surface area contributed by atoms with Gasteiger partial charge in [0.05, 0.1) is 5.56 Å². The second-order valence-electron chi connectivity index (χ2n) is 4.63. The van der Waals surface area contributed by atoms with Gasteiger partial charge in [0.1, 0.15) is 11.4 Å². The first-order valence-electron chi connectivity index (χ1n) is 6.58. The van der Waals surface area contributed by atoms with Gasteiger partial charge in [-0.2, -0.15) is 0 Å². The number of ketones is 1. The van der Waals surface area contributed by atoms with Gasteiger partial charge in [0.2, 0.25) is 11.5 Å². The van der Waals surface area contributed by atoms with E-state index in [9.17, 15) is 14.0 Å². The summed E-state index contributed by atoms with van der Waals surface area (Å²) >= 11 is 0. The summed E-state index contributed by atoms with van der Waals surface area (Å²) in [6.45, 7) is -0.545. The molecule has 0 atom stereocenters. The average molecular weight is 298 g/mol. The first-order valence-corrected chi connectivity index (χ1v) is 6.58. The minimum absolute atomic E-state index is 0.00235. The molecule has 3 aromatic rings. The smallest absolute Gasteiger partial charge is 0.374 e. The molecule has 3 rings (SSSR count). The van der Waals surface area contributed by atoms with Gasteiger partial charge in [-0.05, 0) is 24.3 Å². The largest absolute Gasteiger partial charge is 0.451 e. The summed E-state index contributed by atoms with van der Waals surface area (Å²) < 4.78 is 23.7. The molecule has 0 unspecified atom stereocenters. The van der Waals surface area contributed by atoms with Crippen LogP contribution in [0.5, 0.6) is 0 Å². The van der Waals surface area contributed by atoms with Crippen molar-refractivity contribution in [1.82, 2.24) is 0 Å². The molecule has 5 heteroatoms. The fourth-order valence-electron chi connectivity index (χ4n) is 2.05. The number of carbonyl (C=O) groups is 2. The number of para-hydroxylation sites is 1. The number of ether oxygens (including phenoxy) is 1. The predicted octanol–water partition coefficient (Wildman–Crippen LogP) is 3.61. The van der Waals surface area contributed by atoms with E-state index in [1.807, 2.05) is 6.07 Å². The molecular formula is C17H11FO4. The third kappa shape index (κ3) is 2.74. The minimum Gasteiger partial charge on any atom is -0.451 e. The number of hydrogen-bond donors (Lipinski definition) is 0. The summed E-state index contributed by atoms with van der Waals surface area (Å²) in [4.78, 5) is 23.7. The van der Waals surface area contributed by atoms with Gasteiger partial charge in [-0.25, -0.2) is 9.18 Å². The molecule has 4 nitrogen and oxygen atoms in total. The van der Waals surface area contributed by atoms with Gasteiger partial charge in [0.15, 0.2) is 6.61 Å². The molecule has 0 aliphatic rings. The van der Waals surface area contributed by atoms with Crippen LogP contribution in [0, 0.1) is 5.82 Å². The Bertz CT molecular complexity index is 817. The zero-order valence-electron chi connectivity index (χ0n) is 11.4. The number of rotatable bonds is 4. The molecule has 0 radical (unpaired) electrons. The van der Waals surface area contributed by atoms with Crippen molar-refractivity contribution in [3.8, 4) is 0 Å². The third-order valence-electron chi connectivity index (χ3n) is 3.14. The van der Waals surface area contributed by atoms with Crippen molar-refractivity contribution in [2.75, 3.05) is 6.61 Å². The maximum Gasteiger partial charge on any atom is 0.374 e. The van der Waals surface area contributed by atoms with Crippen LogP contribution in [0.1, 0.15) is 20.9 Å². The predicted molar refractivity (Wildman–Crippen MR) is 77.2 cm³/mol. The summed E-state index contributed by atoms with van der Waals surface area (Å²) in [5, 5.41) is 0.759. The van der Waals surface area contributed by atoms with Gasteiger partial charge in [0, 0.05) is 5.39 Å². The lowest BCUT2D eigenvalue weighted by Crippen LogP contribution is -2.15. The first kappa shape index (κ1) is 14.0. The zero-order valence-corrected chi connectivity index (χ0v) is 11.4. The Hall–Kier alpha value is -2.95. The Labute approximate surface area is 125 Å². The molecule has 1 heterocycles. The molecule has 0 spiro atoms. The van der Waals surface area contributed by atoms with Crippen LogP contribution in [0.25, 0.3) is 11.0 Å². The van der Waals surface area contributed by atoms with E-state index in [-0.39, 0.29) is 11.3 Å². The standard InChI is InChI=1S/C17H11FO4/c18-13-7-3-2-6-12(13)14(19)10-21-17(20)16-9-11-5-1-4-8-15(11)22-16/h1-9H,10H2. The van der Waals surface area contributed by atoms with Gasteiger partial charge in [-0.15, -0.1) is 0 Å². The van der Waals surface area contributed by atoms with Gasteiger partial charge in [-0.1, -0.05) is 30.3 Å². The van der Waals surface area contributed by atoms with Crippen molar-refractivity contribution in [2.45, 2.75) is 0 Å². The fourth-order valence-corrected chi connectivity index (χ4v) is 2.05. The van der Waals surface area contributed by atoms with Gasteiger partial charge in [0.25, 0.3) is 0 Å². The second kappa shape index (κ2) is 5.81. The molecule has 0 amide bonds. The monoisotopic (exact) mass is 298 g/mol. The topological polar surface area (TPSA) is 56.5 Å². The molecule has 0 saturated carbocycles. The highest BCUT2D eigenvalue weighted by Crippen LogP contribution is 2.19. The Morgan fingerprint density at radius 2 is 1.77 bits per heavy atom. The molecule has 0 fully saturated rings. The zero-order chi connectivity index (χ0) is 15.5. The molecule has 0 N–H and O–H groups in total. The van der Waals surface area contributed by atoms with Gasteiger partial charge < -0.3 is 9.15 Å². The van der Waals surface area contributed by atoms with Crippen LogP contribution in [0.4, 0.5) is 4.39 Å². The van der Waals surface area contributed by atoms with E-state index in [4.69, 9.17) is 9.15 Å². The highest BCUT2D eigenvalue weighted by atomic mass is 19.1. The maximum absolute atomic E-state index is 13.4.